The molecule has 1 amide bonds. The Morgan fingerprint density at radius 3 is 2.63 bits per heavy atom. The standard InChI is InChI=1S/C14H16FNO3/c1-9-3-4-10(2)11(7-9)12(17)16-6-5-14(15,8-16)13(18)19/h3-4,7H,5-6,8H2,1-2H3,(H,18,19). The molecule has 5 heteroatoms. The summed E-state index contributed by atoms with van der Waals surface area (Å²) in [5.41, 5.74) is -0.0530. The molecule has 0 radical (unpaired) electrons. The topological polar surface area (TPSA) is 57.6 Å². The van der Waals surface area contributed by atoms with Crippen molar-refractivity contribution >= 4 is 11.9 Å². The van der Waals surface area contributed by atoms with Gasteiger partial charge in [-0.15, -0.1) is 0 Å². The second-order valence-electron chi connectivity index (χ2n) is 5.07. The Bertz CT molecular complexity index is 543. The van der Waals surface area contributed by atoms with Crippen molar-refractivity contribution < 1.29 is 19.1 Å². The second kappa shape index (κ2) is 4.64. The molecule has 1 aliphatic heterocycles. The minimum atomic E-state index is -2.31. The van der Waals surface area contributed by atoms with Crippen molar-refractivity contribution in [3.05, 3.63) is 34.9 Å². The highest BCUT2D eigenvalue weighted by atomic mass is 19.1. The van der Waals surface area contributed by atoms with E-state index in [1.54, 1.807) is 6.07 Å². The van der Waals surface area contributed by atoms with Crippen LogP contribution in [0.5, 0.6) is 0 Å². The predicted molar refractivity (Wildman–Crippen MR) is 67.9 cm³/mol. The number of rotatable bonds is 2. The van der Waals surface area contributed by atoms with Gasteiger partial charge in [0, 0.05) is 18.5 Å². The molecule has 0 saturated carbocycles. The van der Waals surface area contributed by atoms with E-state index in [2.05, 4.69) is 0 Å². The van der Waals surface area contributed by atoms with Crippen LogP contribution in [-0.2, 0) is 4.79 Å². The molecule has 4 nitrogen and oxygen atoms in total. The maximum Gasteiger partial charge on any atom is 0.343 e. The molecule has 2 rings (SSSR count). The third-order valence-corrected chi connectivity index (χ3v) is 3.51. The molecular weight excluding hydrogens is 249 g/mol. The Kier molecular flexibility index (Phi) is 3.30. The lowest BCUT2D eigenvalue weighted by atomic mass is 10.0. The summed E-state index contributed by atoms with van der Waals surface area (Å²) in [4.78, 5) is 24.4. The van der Waals surface area contributed by atoms with Crippen LogP contribution in [0.1, 0.15) is 27.9 Å². The molecule has 1 unspecified atom stereocenters. The molecule has 1 aliphatic rings. The summed E-state index contributed by atoms with van der Waals surface area (Å²) in [5.74, 6) is -1.80. The van der Waals surface area contributed by atoms with Crippen molar-refractivity contribution in [1.82, 2.24) is 4.90 Å². The van der Waals surface area contributed by atoms with E-state index in [4.69, 9.17) is 5.11 Å². The zero-order chi connectivity index (χ0) is 14.2. The molecule has 102 valence electrons. The van der Waals surface area contributed by atoms with Crippen molar-refractivity contribution in [2.45, 2.75) is 25.9 Å². The van der Waals surface area contributed by atoms with Gasteiger partial charge in [-0.1, -0.05) is 17.7 Å². The van der Waals surface area contributed by atoms with Crippen LogP contribution in [0.15, 0.2) is 18.2 Å². The zero-order valence-corrected chi connectivity index (χ0v) is 10.9. The largest absolute Gasteiger partial charge is 0.479 e. The van der Waals surface area contributed by atoms with E-state index in [9.17, 15) is 14.0 Å². The number of hydrogen-bond acceptors (Lipinski definition) is 2. The fourth-order valence-corrected chi connectivity index (χ4v) is 2.26. The number of carbonyl (C=O) groups is 2. The van der Waals surface area contributed by atoms with Crippen molar-refractivity contribution in [3.8, 4) is 0 Å². The van der Waals surface area contributed by atoms with Gasteiger partial charge >= 0.3 is 5.97 Å². The molecule has 1 heterocycles. The smallest absolute Gasteiger partial charge is 0.343 e. The highest BCUT2D eigenvalue weighted by Crippen LogP contribution is 2.27. The quantitative estimate of drug-likeness (QED) is 0.889. The number of carboxylic acid groups (broad SMARTS) is 1. The van der Waals surface area contributed by atoms with Gasteiger partial charge in [0.1, 0.15) is 0 Å². The minimum Gasteiger partial charge on any atom is -0.479 e. The normalized spacial score (nSPS) is 22.6. The molecule has 0 aromatic heterocycles. The molecule has 19 heavy (non-hydrogen) atoms. The third kappa shape index (κ3) is 2.45. The number of nitrogens with zero attached hydrogens (tertiary/aromatic N) is 1. The van der Waals surface area contributed by atoms with E-state index < -0.39 is 11.6 Å². The molecule has 1 aromatic rings. The molecule has 0 spiro atoms. The maximum absolute atomic E-state index is 13.9. The van der Waals surface area contributed by atoms with E-state index in [1.807, 2.05) is 26.0 Å². The lowest BCUT2D eigenvalue weighted by Gasteiger charge is -2.19. The summed E-state index contributed by atoms with van der Waals surface area (Å²) in [6.07, 6.45) is -0.154. The molecule has 0 aliphatic carbocycles. The number of amides is 1. The van der Waals surface area contributed by atoms with Gasteiger partial charge < -0.3 is 10.0 Å². The van der Waals surface area contributed by atoms with Crippen LogP contribution in [0.25, 0.3) is 0 Å². The van der Waals surface area contributed by atoms with Crippen molar-refractivity contribution in [1.29, 1.82) is 0 Å². The SMILES string of the molecule is Cc1ccc(C)c(C(=O)N2CCC(F)(C(=O)O)C2)c1. The molecular formula is C14H16FNO3. The fraction of sp³-hybridized carbons (Fsp3) is 0.429. The summed E-state index contributed by atoms with van der Waals surface area (Å²) in [5, 5.41) is 8.83. The Morgan fingerprint density at radius 1 is 1.37 bits per heavy atom. The number of likely N-dealkylation sites (tertiary alicyclic amines) is 1. The molecule has 1 aromatic carbocycles. The van der Waals surface area contributed by atoms with Crippen molar-refractivity contribution in [2.24, 2.45) is 0 Å². The van der Waals surface area contributed by atoms with Gasteiger partial charge in [-0.2, -0.15) is 0 Å². The highest BCUT2D eigenvalue weighted by Gasteiger charge is 2.47. The van der Waals surface area contributed by atoms with Gasteiger partial charge in [0.15, 0.2) is 0 Å². The summed E-state index contributed by atoms with van der Waals surface area (Å²) in [7, 11) is 0. The van der Waals surface area contributed by atoms with Crippen LogP contribution < -0.4 is 0 Å². The van der Waals surface area contributed by atoms with Gasteiger partial charge in [-0.05, 0) is 25.5 Å². The van der Waals surface area contributed by atoms with Crippen LogP contribution >= 0.6 is 0 Å². The van der Waals surface area contributed by atoms with Crippen LogP contribution in [-0.4, -0.2) is 40.6 Å². The van der Waals surface area contributed by atoms with Crippen molar-refractivity contribution in [2.75, 3.05) is 13.1 Å². The lowest BCUT2D eigenvalue weighted by Crippen LogP contribution is -2.39. The second-order valence-corrected chi connectivity index (χ2v) is 5.07. The number of aryl methyl sites for hydroxylation is 2. The van der Waals surface area contributed by atoms with Gasteiger partial charge in [-0.3, -0.25) is 4.79 Å². The van der Waals surface area contributed by atoms with Crippen LogP contribution in [0, 0.1) is 13.8 Å². The number of carboxylic acids is 1. The zero-order valence-electron chi connectivity index (χ0n) is 10.9. The number of halogens is 1. The number of benzene rings is 1. The summed E-state index contributed by atoms with van der Waals surface area (Å²) in [6, 6.07) is 5.47. The summed E-state index contributed by atoms with van der Waals surface area (Å²) in [6.45, 7) is 3.43. The monoisotopic (exact) mass is 265 g/mol. The predicted octanol–water partition coefficient (Wildman–Crippen LogP) is 1.94. The van der Waals surface area contributed by atoms with E-state index in [0.29, 0.717) is 5.56 Å². The van der Waals surface area contributed by atoms with Gasteiger partial charge in [0.25, 0.3) is 5.91 Å². The maximum atomic E-state index is 13.9. The summed E-state index contributed by atoms with van der Waals surface area (Å²) >= 11 is 0. The van der Waals surface area contributed by atoms with Crippen LogP contribution in [0.2, 0.25) is 0 Å². The Labute approximate surface area is 110 Å². The fourth-order valence-electron chi connectivity index (χ4n) is 2.26. The molecule has 0 bridgehead atoms. The van der Waals surface area contributed by atoms with E-state index in [0.717, 1.165) is 11.1 Å². The van der Waals surface area contributed by atoms with E-state index in [-0.39, 0.29) is 25.4 Å². The molecule has 1 N–H and O–H groups in total. The van der Waals surface area contributed by atoms with Gasteiger partial charge in [0.2, 0.25) is 5.67 Å². The number of alkyl halides is 1. The average molecular weight is 265 g/mol. The first-order chi connectivity index (χ1) is 8.83. The first kappa shape index (κ1) is 13.5. The molecule has 1 saturated heterocycles. The first-order valence-corrected chi connectivity index (χ1v) is 6.12. The van der Waals surface area contributed by atoms with Gasteiger partial charge in [-0.25, -0.2) is 9.18 Å². The number of carbonyl (C=O) groups excluding carboxylic acids is 1. The Hall–Kier alpha value is -1.91. The Morgan fingerprint density at radius 2 is 2.05 bits per heavy atom. The molecule has 1 fully saturated rings. The van der Waals surface area contributed by atoms with Crippen LogP contribution in [0.3, 0.4) is 0 Å². The van der Waals surface area contributed by atoms with Crippen molar-refractivity contribution in [3.63, 3.8) is 0 Å². The highest BCUT2D eigenvalue weighted by molar-refractivity contribution is 5.96. The number of aliphatic carboxylic acids is 1. The van der Waals surface area contributed by atoms with Crippen LogP contribution in [0.4, 0.5) is 4.39 Å². The molecule has 1 atom stereocenters. The summed E-state index contributed by atoms with van der Waals surface area (Å²) < 4.78 is 13.9. The third-order valence-electron chi connectivity index (χ3n) is 3.51. The number of hydrogen-bond donors (Lipinski definition) is 1. The van der Waals surface area contributed by atoms with Gasteiger partial charge in [0.05, 0.1) is 6.54 Å². The average Bonchev–Trinajstić information content (AvgIpc) is 2.76. The lowest BCUT2D eigenvalue weighted by molar-refractivity contribution is -0.149. The van der Waals surface area contributed by atoms with E-state index >= 15 is 0 Å². The van der Waals surface area contributed by atoms with E-state index in [1.165, 1.54) is 4.90 Å². The Balaban J connectivity index is 2.22. The minimum absolute atomic E-state index is 0.134. The first-order valence-electron chi connectivity index (χ1n) is 6.12.